The molecule has 0 unspecified atom stereocenters. The third-order valence-electron chi connectivity index (χ3n) is 4.51. The van der Waals surface area contributed by atoms with E-state index < -0.39 is 0 Å². The van der Waals surface area contributed by atoms with E-state index in [-0.39, 0.29) is 18.4 Å². The zero-order valence-electron chi connectivity index (χ0n) is 15.2. The Kier molecular flexibility index (Phi) is 6.32. The second-order valence-electron chi connectivity index (χ2n) is 6.32. The first-order valence-corrected chi connectivity index (χ1v) is 9.14. The van der Waals surface area contributed by atoms with Crippen molar-refractivity contribution in [3.05, 3.63) is 59.1 Å². The third-order valence-corrected chi connectivity index (χ3v) is 4.84. The molecule has 142 valence electrons. The SMILES string of the molecule is COc1ccc(C(=O)N2CCN(CC(=O)Nc3ccccc3Cl)CC2)cc1. The Morgan fingerprint density at radius 2 is 1.70 bits per heavy atom. The van der Waals surface area contributed by atoms with Crippen LogP contribution in [0.4, 0.5) is 5.69 Å². The molecule has 0 aliphatic carbocycles. The summed E-state index contributed by atoms with van der Waals surface area (Å²) in [5.41, 5.74) is 1.25. The smallest absolute Gasteiger partial charge is 0.253 e. The molecule has 1 aliphatic rings. The lowest BCUT2D eigenvalue weighted by Gasteiger charge is -2.34. The van der Waals surface area contributed by atoms with Crippen LogP contribution in [-0.2, 0) is 4.79 Å². The minimum atomic E-state index is -0.113. The van der Waals surface area contributed by atoms with Crippen molar-refractivity contribution in [2.75, 3.05) is 45.2 Å². The number of amides is 2. The summed E-state index contributed by atoms with van der Waals surface area (Å²) in [4.78, 5) is 28.6. The van der Waals surface area contributed by atoms with E-state index >= 15 is 0 Å². The molecule has 7 heteroatoms. The van der Waals surface area contributed by atoms with Gasteiger partial charge < -0.3 is 15.0 Å². The van der Waals surface area contributed by atoms with Crippen molar-refractivity contribution >= 4 is 29.1 Å². The predicted molar refractivity (Wildman–Crippen MR) is 105 cm³/mol. The number of ether oxygens (including phenoxy) is 1. The summed E-state index contributed by atoms with van der Waals surface area (Å²) in [5, 5.41) is 3.34. The van der Waals surface area contributed by atoms with Crippen LogP contribution in [0.5, 0.6) is 5.75 Å². The zero-order valence-corrected chi connectivity index (χ0v) is 15.9. The van der Waals surface area contributed by atoms with Gasteiger partial charge in [0.1, 0.15) is 5.75 Å². The second kappa shape index (κ2) is 8.88. The van der Waals surface area contributed by atoms with Gasteiger partial charge in [0.15, 0.2) is 0 Å². The Labute approximate surface area is 163 Å². The van der Waals surface area contributed by atoms with Crippen LogP contribution in [-0.4, -0.2) is 61.4 Å². The molecular formula is C20H22ClN3O3. The van der Waals surface area contributed by atoms with Gasteiger partial charge in [-0.05, 0) is 36.4 Å². The molecule has 0 bridgehead atoms. The van der Waals surface area contributed by atoms with E-state index in [1.54, 1.807) is 43.5 Å². The number of hydrogen-bond donors (Lipinski definition) is 1. The Bertz CT molecular complexity index is 802. The van der Waals surface area contributed by atoms with Gasteiger partial charge in [-0.1, -0.05) is 23.7 Å². The molecule has 0 aromatic heterocycles. The maximum absolute atomic E-state index is 12.6. The molecule has 1 heterocycles. The van der Waals surface area contributed by atoms with Crippen LogP contribution in [0, 0.1) is 0 Å². The average Bonchev–Trinajstić information content (AvgIpc) is 2.70. The molecule has 1 aliphatic heterocycles. The number of hydrogen-bond acceptors (Lipinski definition) is 4. The molecule has 2 aromatic rings. The van der Waals surface area contributed by atoms with Crippen LogP contribution >= 0.6 is 11.6 Å². The standard InChI is InChI=1S/C20H22ClN3O3/c1-27-16-8-6-15(7-9-16)20(26)24-12-10-23(11-13-24)14-19(25)22-18-5-3-2-4-17(18)21/h2-9H,10-14H2,1H3,(H,22,25). The Morgan fingerprint density at radius 1 is 1.04 bits per heavy atom. The molecule has 2 amide bonds. The highest BCUT2D eigenvalue weighted by Gasteiger charge is 2.23. The number of carbonyl (C=O) groups is 2. The number of nitrogens with one attached hydrogen (secondary N) is 1. The lowest BCUT2D eigenvalue weighted by molar-refractivity contribution is -0.117. The van der Waals surface area contributed by atoms with Crippen LogP contribution in [0.1, 0.15) is 10.4 Å². The summed E-state index contributed by atoms with van der Waals surface area (Å²) >= 11 is 6.06. The van der Waals surface area contributed by atoms with E-state index in [9.17, 15) is 9.59 Å². The van der Waals surface area contributed by atoms with Gasteiger partial charge in [-0.2, -0.15) is 0 Å². The van der Waals surface area contributed by atoms with Gasteiger partial charge in [-0.25, -0.2) is 0 Å². The largest absolute Gasteiger partial charge is 0.497 e. The molecule has 3 rings (SSSR count). The minimum absolute atomic E-state index is 0.00202. The number of halogens is 1. The van der Waals surface area contributed by atoms with E-state index in [0.29, 0.717) is 42.5 Å². The molecular weight excluding hydrogens is 366 g/mol. The molecule has 0 radical (unpaired) electrons. The van der Waals surface area contributed by atoms with Crippen LogP contribution in [0.2, 0.25) is 5.02 Å². The molecule has 0 saturated carbocycles. The van der Waals surface area contributed by atoms with E-state index in [2.05, 4.69) is 5.32 Å². The summed E-state index contributed by atoms with van der Waals surface area (Å²) in [7, 11) is 1.60. The van der Waals surface area contributed by atoms with Gasteiger partial charge in [0.05, 0.1) is 24.4 Å². The third kappa shape index (κ3) is 4.99. The van der Waals surface area contributed by atoms with Crippen LogP contribution in [0.25, 0.3) is 0 Å². The number of carbonyl (C=O) groups excluding carboxylic acids is 2. The Hall–Kier alpha value is -2.57. The highest BCUT2D eigenvalue weighted by atomic mass is 35.5. The van der Waals surface area contributed by atoms with Gasteiger partial charge in [0, 0.05) is 31.7 Å². The van der Waals surface area contributed by atoms with Crippen molar-refractivity contribution < 1.29 is 14.3 Å². The van der Waals surface area contributed by atoms with Crippen molar-refractivity contribution in [1.82, 2.24) is 9.80 Å². The van der Waals surface area contributed by atoms with Gasteiger partial charge in [0.25, 0.3) is 5.91 Å². The first kappa shape index (κ1) is 19.2. The molecule has 2 aromatic carbocycles. The highest BCUT2D eigenvalue weighted by Crippen LogP contribution is 2.20. The van der Waals surface area contributed by atoms with Gasteiger partial charge in [-0.3, -0.25) is 14.5 Å². The van der Waals surface area contributed by atoms with Crippen LogP contribution < -0.4 is 10.1 Å². The van der Waals surface area contributed by atoms with Crippen molar-refractivity contribution in [1.29, 1.82) is 0 Å². The summed E-state index contributed by atoms with van der Waals surface area (Å²) < 4.78 is 5.12. The number of anilines is 1. The van der Waals surface area contributed by atoms with Gasteiger partial charge >= 0.3 is 0 Å². The van der Waals surface area contributed by atoms with Crippen molar-refractivity contribution in [3.8, 4) is 5.75 Å². The number of rotatable bonds is 5. The molecule has 0 spiro atoms. The Morgan fingerprint density at radius 3 is 2.33 bits per heavy atom. The van der Waals surface area contributed by atoms with Crippen LogP contribution in [0.3, 0.4) is 0 Å². The van der Waals surface area contributed by atoms with Gasteiger partial charge in [0.2, 0.25) is 5.91 Å². The highest BCUT2D eigenvalue weighted by molar-refractivity contribution is 6.33. The number of benzene rings is 2. The average molecular weight is 388 g/mol. The Balaban J connectivity index is 1.48. The summed E-state index contributed by atoms with van der Waals surface area (Å²) in [6, 6.07) is 14.2. The number of methoxy groups -OCH3 is 1. The van der Waals surface area contributed by atoms with E-state index in [1.165, 1.54) is 0 Å². The minimum Gasteiger partial charge on any atom is -0.497 e. The fourth-order valence-electron chi connectivity index (χ4n) is 2.98. The fourth-order valence-corrected chi connectivity index (χ4v) is 3.16. The first-order chi connectivity index (χ1) is 13.1. The van der Waals surface area contributed by atoms with Crippen molar-refractivity contribution in [2.45, 2.75) is 0 Å². The summed E-state index contributed by atoms with van der Waals surface area (Å²) in [6.45, 7) is 2.75. The lowest BCUT2D eigenvalue weighted by Crippen LogP contribution is -2.50. The normalized spacial score (nSPS) is 14.7. The lowest BCUT2D eigenvalue weighted by atomic mass is 10.1. The monoisotopic (exact) mass is 387 g/mol. The van der Waals surface area contributed by atoms with E-state index in [1.807, 2.05) is 21.9 Å². The van der Waals surface area contributed by atoms with Crippen molar-refractivity contribution in [2.24, 2.45) is 0 Å². The second-order valence-corrected chi connectivity index (χ2v) is 6.73. The molecule has 1 saturated heterocycles. The number of nitrogens with zero attached hydrogens (tertiary/aromatic N) is 2. The maximum Gasteiger partial charge on any atom is 0.253 e. The van der Waals surface area contributed by atoms with Crippen molar-refractivity contribution in [3.63, 3.8) is 0 Å². The zero-order chi connectivity index (χ0) is 19.2. The molecule has 0 atom stereocenters. The predicted octanol–water partition coefficient (Wildman–Crippen LogP) is 2.75. The summed E-state index contributed by atoms with van der Waals surface area (Å²) in [6.07, 6.45) is 0. The quantitative estimate of drug-likeness (QED) is 0.856. The summed E-state index contributed by atoms with van der Waals surface area (Å²) in [5.74, 6) is 0.608. The van der Waals surface area contributed by atoms with Gasteiger partial charge in [-0.15, -0.1) is 0 Å². The topological polar surface area (TPSA) is 61.9 Å². The fraction of sp³-hybridized carbons (Fsp3) is 0.300. The first-order valence-electron chi connectivity index (χ1n) is 8.77. The molecule has 1 fully saturated rings. The molecule has 1 N–H and O–H groups in total. The van der Waals surface area contributed by atoms with Crippen LogP contribution in [0.15, 0.2) is 48.5 Å². The molecule has 27 heavy (non-hydrogen) atoms. The van der Waals surface area contributed by atoms with E-state index in [4.69, 9.17) is 16.3 Å². The van der Waals surface area contributed by atoms with E-state index in [0.717, 1.165) is 5.75 Å². The molecule has 6 nitrogen and oxygen atoms in total. The number of piperazine rings is 1. The maximum atomic E-state index is 12.6. The number of para-hydroxylation sites is 1.